The number of ether oxygens (including phenoxy) is 1. The second-order valence-corrected chi connectivity index (χ2v) is 8.30. The molecule has 134 valence electrons. The van der Waals surface area contributed by atoms with Crippen LogP contribution in [0.1, 0.15) is 56.8 Å². The second kappa shape index (κ2) is 7.66. The average molecular weight is 333 g/mol. The van der Waals surface area contributed by atoms with Crippen LogP contribution in [0.3, 0.4) is 0 Å². The Morgan fingerprint density at radius 1 is 1.33 bits per heavy atom. The third-order valence-electron chi connectivity index (χ3n) is 4.89. The fraction of sp³-hybridized carbons (Fsp3) is 0.650. The summed E-state index contributed by atoms with van der Waals surface area (Å²) in [7, 11) is 1.60. The molecule has 1 aromatic rings. The lowest BCUT2D eigenvalue weighted by Crippen LogP contribution is -2.44. The van der Waals surface area contributed by atoms with Crippen LogP contribution in [0.15, 0.2) is 24.3 Å². The number of carbonyl (C=O) groups is 1. The molecule has 4 nitrogen and oxygen atoms in total. The molecule has 1 aliphatic carbocycles. The quantitative estimate of drug-likeness (QED) is 0.593. The van der Waals surface area contributed by atoms with Crippen LogP contribution in [0.2, 0.25) is 0 Å². The van der Waals surface area contributed by atoms with Gasteiger partial charge in [-0.05, 0) is 42.2 Å². The molecular formula is C20H31NO3. The highest BCUT2D eigenvalue weighted by Gasteiger charge is 2.40. The van der Waals surface area contributed by atoms with Gasteiger partial charge in [-0.1, -0.05) is 32.9 Å². The molecule has 0 spiro atoms. The molecule has 0 radical (unpaired) electrons. The molecule has 0 aromatic heterocycles. The Kier molecular flexibility index (Phi) is 6.05. The van der Waals surface area contributed by atoms with Crippen molar-refractivity contribution >= 4 is 5.78 Å². The number of hydrogen-bond acceptors (Lipinski definition) is 4. The predicted octanol–water partition coefficient (Wildman–Crippen LogP) is 3.43. The molecular weight excluding hydrogens is 302 g/mol. The number of nitrogens with one attached hydrogen (secondary N) is 1. The van der Waals surface area contributed by atoms with Crippen molar-refractivity contribution < 1.29 is 14.6 Å². The molecule has 0 saturated heterocycles. The summed E-state index contributed by atoms with van der Waals surface area (Å²) >= 11 is 0. The van der Waals surface area contributed by atoms with Gasteiger partial charge in [0.2, 0.25) is 0 Å². The first-order valence-electron chi connectivity index (χ1n) is 8.79. The highest BCUT2D eigenvalue weighted by atomic mass is 16.5. The van der Waals surface area contributed by atoms with Crippen LogP contribution in [0.4, 0.5) is 0 Å². The van der Waals surface area contributed by atoms with Gasteiger partial charge in [0.1, 0.15) is 5.75 Å². The highest BCUT2D eigenvalue weighted by Crippen LogP contribution is 2.45. The first kappa shape index (κ1) is 18.9. The van der Waals surface area contributed by atoms with Crippen LogP contribution in [-0.4, -0.2) is 37.2 Å². The molecule has 2 N–H and O–H groups in total. The maximum Gasteiger partial charge on any atom is 0.164 e. The molecule has 0 amide bonds. The summed E-state index contributed by atoms with van der Waals surface area (Å²) in [4.78, 5) is 12.3. The van der Waals surface area contributed by atoms with Gasteiger partial charge in [-0.25, -0.2) is 0 Å². The second-order valence-electron chi connectivity index (χ2n) is 8.30. The van der Waals surface area contributed by atoms with Gasteiger partial charge >= 0.3 is 0 Å². The summed E-state index contributed by atoms with van der Waals surface area (Å²) in [5, 5.41) is 13.5. The van der Waals surface area contributed by atoms with Crippen molar-refractivity contribution in [3.05, 3.63) is 29.8 Å². The van der Waals surface area contributed by atoms with Gasteiger partial charge in [0.05, 0.1) is 13.2 Å². The van der Waals surface area contributed by atoms with Crippen molar-refractivity contribution in [2.75, 3.05) is 20.2 Å². The number of ketones is 1. The summed E-state index contributed by atoms with van der Waals surface area (Å²) < 4.78 is 5.16. The van der Waals surface area contributed by atoms with E-state index in [2.05, 4.69) is 26.1 Å². The zero-order valence-corrected chi connectivity index (χ0v) is 15.4. The largest absolute Gasteiger partial charge is 0.497 e. The van der Waals surface area contributed by atoms with Gasteiger partial charge in [0, 0.05) is 25.1 Å². The summed E-state index contributed by atoms with van der Waals surface area (Å²) in [5.74, 6) is 0.829. The predicted molar refractivity (Wildman–Crippen MR) is 96.6 cm³/mol. The van der Waals surface area contributed by atoms with Gasteiger partial charge in [0.15, 0.2) is 5.78 Å². The van der Waals surface area contributed by atoms with Crippen LogP contribution < -0.4 is 10.1 Å². The standard InChI is InChI=1S/C20H31NO3/c1-19(2)11-16(22)12-20(3,13-19)14-21-9-8-18(23)15-6-5-7-17(10-15)24-4/h5-7,10,16,21-22H,8-9,11-14H2,1-4H3. The Labute approximate surface area is 145 Å². The molecule has 24 heavy (non-hydrogen) atoms. The zero-order chi connectivity index (χ0) is 17.8. The summed E-state index contributed by atoms with van der Waals surface area (Å²) in [5.41, 5.74) is 0.946. The molecule has 2 atom stereocenters. The van der Waals surface area contributed by atoms with Crippen molar-refractivity contribution in [2.45, 2.75) is 52.6 Å². The molecule has 1 fully saturated rings. The lowest BCUT2D eigenvalue weighted by molar-refractivity contribution is -0.00863. The first-order chi connectivity index (χ1) is 11.2. The van der Waals surface area contributed by atoms with Gasteiger partial charge in [-0.2, -0.15) is 0 Å². The molecule has 1 aliphatic rings. The van der Waals surface area contributed by atoms with Gasteiger partial charge < -0.3 is 15.2 Å². The smallest absolute Gasteiger partial charge is 0.164 e. The van der Waals surface area contributed by atoms with Crippen LogP contribution in [-0.2, 0) is 0 Å². The highest BCUT2D eigenvalue weighted by molar-refractivity contribution is 5.96. The maximum atomic E-state index is 12.3. The van der Waals surface area contributed by atoms with E-state index in [1.54, 1.807) is 13.2 Å². The zero-order valence-electron chi connectivity index (χ0n) is 15.4. The number of benzene rings is 1. The minimum absolute atomic E-state index is 0.0835. The van der Waals surface area contributed by atoms with Crippen molar-refractivity contribution in [1.29, 1.82) is 0 Å². The monoisotopic (exact) mass is 333 g/mol. The summed E-state index contributed by atoms with van der Waals surface area (Å²) in [6.45, 7) is 8.16. The van der Waals surface area contributed by atoms with Gasteiger partial charge in [-0.15, -0.1) is 0 Å². The fourth-order valence-corrected chi connectivity index (χ4v) is 4.25. The molecule has 0 bridgehead atoms. The molecule has 1 saturated carbocycles. The Bertz CT molecular complexity index is 570. The number of Topliss-reactive ketones (excluding diaryl/α,β-unsaturated/α-hetero) is 1. The number of rotatable bonds is 7. The van der Waals surface area contributed by atoms with Crippen molar-refractivity contribution in [2.24, 2.45) is 10.8 Å². The molecule has 0 aliphatic heterocycles. The Morgan fingerprint density at radius 3 is 2.75 bits per heavy atom. The van der Waals surface area contributed by atoms with Crippen LogP contribution in [0.25, 0.3) is 0 Å². The van der Waals surface area contributed by atoms with E-state index >= 15 is 0 Å². The van der Waals surface area contributed by atoms with Crippen molar-refractivity contribution in [3.63, 3.8) is 0 Å². The van der Waals surface area contributed by atoms with E-state index in [4.69, 9.17) is 4.74 Å². The van der Waals surface area contributed by atoms with E-state index in [9.17, 15) is 9.90 Å². The van der Waals surface area contributed by atoms with Crippen molar-refractivity contribution in [3.8, 4) is 5.75 Å². The van der Waals surface area contributed by atoms with Crippen LogP contribution in [0, 0.1) is 10.8 Å². The maximum absolute atomic E-state index is 12.3. The number of methoxy groups -OCH3 is 1. The lowest BCUT2D eigenvalue weighted by Gasteiger charge is -2.45. The van der Waals surface area contributed by atoms with E-state index in [-0.39, 0.29) is 22.7 Å². The Balaban J connectivity index is 1.80. The molecule has 2 rings (SSSR count). The van der Waals surface area contributed by atoms with Crippen LogP contribution >= 0.6 is 0 Å². The van der Waals surface area contributed by atoms with E-state index in [0.717, 1.165) is 25.8 Å². The third kappa shape index (κ3) is 5.32. The van der Waals surface area contributed by atoms with E-state index in [0.29, 0.717) is 24.3 Å². The van der Waals surface area contributed by atoms with Crippen LogP contribution in [0.5, 0.6) is 5.75 Å². The summed E-state index contributed by atoms with van der Waals surface area (Å²) in [6, 6.07) is 7.29. The fourth-order valence-electron chi connectivity index (χ4n) is 4.25. The Hall–Kier alpha value is -1.39. The summed E-state index contributed by atoms with van der Waals surface area (Å²) in [6.07, 6.45) is 3.03. The van der Waals surface area contributed by atoms with Gasteiger partial charge in [-0.3, -0.25) is 4.79 Å². The molecule has 1 aromatic carbocycles. The Morgan fingerprint density at radius 2 is 2.08 bits per heavy atom. The normalized spacial score (nSPS) is 26.1. The number of carbonyl (C=O) groups excluding carboxylic acids is 1. The lowest BCUT2D eigenvalue weighted by atomic mass is 9.63. The average Bonchev–Trinajstić information content (AvgIpc) is 2.49. The first-order valence-corrected chi connectivity index (χ1v) is 8.79. The minimum Gasteiger partial charge on any atom is -0.497 e. The van der Waals surface area contributed by atoms with E-state index in [1.807, 2.05) is 18.2 Å². The van der Waals surface area contributed by atoms with Gasteiger partial charge in [0.25, 0.3) is 0 Å². The topological polar surface area (TPSA) is 58.6 Å². The van der Waals surface area contributed by atoms with E-state index < -0.39 is 0 Å². The minimum atomic E-state index is -0.223. The molecule has 4 heteroatoms. The number of aliphatic hydroxyl groups excluding tert-OH is 1. The number of aliphatic hydroxyl groups is 1. The molecule has 0 heterocycles. The SMILES string of the molecule is COc1cccc(C(=O)CCNCC2(C)CC(O)CC(C)(C)C2)c1. The number of hydrogen-bond donors (Lipinski definition) is 2. The van der Waals surface area contributed by atoms with E-state index in [1.165, 1.54) is 0 Å². The van der Waals surface area contributed by atoms with Crippen molar-refractivity contribution in [1.82, 2.24) is 5.32 Å². The molecule has 2 unspecified atom stereocenters. The third-order valence-corrected chi connectivity index (χ3v) is 4.89.